The third-order valence-electron chi connectivity index (χ3n) is 3.79. The molecule has 0 radical (unpaired) electrons. The largest absolute Gasteiger partial charge is 0.396 e. The monoisotopic (exact) mass is 276 g/mol. The number of aliphatic hydroxyl groups is 1. The third kappa shape index (κ3) is 3.88. The first-order valence-electron chi connectivity index (χ1n) is 7.01. The van der Waals surface area contributed by atoms with Gasteiger partial charge in [-0.2, -0.15) is 0 Å². The molecule has 3 rings (SSSR count). The van der Waals surface area contributed by atoms with Gasteiger partial charge in [-0.05, 0) is 37.8 Å². The minimum absolute atomic E-state index is 0.280. The Hall–Kier alpha value is 0.270. The van der Waals surface area contributed by atoms with Crippen molar-refractivity contribution >= 4 is 9.24 Å². The highest BCUT2D eigenvalue weighted by Crippen LogP contribution is 2.34. The second-order valence-electron chi connectivity index (χ2n) is 5.35. The van der Waals surface area contributed by atoms with Crippen LogP contribution in [0.1, 0.15) is 32.1 Å². The third-order valence-corrected chi connectivity index (χ3v) is 4.20. The quantitative estimate of drug-likeness (QED) is 0.686. The lowest BCUT2D eigenvalue weighted by Crippen LogP contribution is -2.53. The van der Waals surface area contributed by atoms with E-state index in [1.54, 1.807) is 0 Å². The molecule has 2 atom stereocenters. The highest BCUT2D eigenvalue weighted by atomic mass is 31.0. The van der Waals surface area contributed by atoms with Crippen molar-refractivity contribution in [3.05, 3.63) is 0 Å². The number of aliphatic hydroxyl groups excluding tert-OH is 1. The van der Waals surface area contributed by atoms with Gasteiger partial charge in [-0.1, -0.05) is 0 Å². The molecular weight excluding hydrogens is 251 g/mol. The van der Waals surface area contributed by atoms with E-state index in [2.05, 4.69) is 9.24 Å². The second-order valence-corrected chi connectivity index (χ2v) is 5.93. The molecule has 0 aliphatic carbocycles. The van der Waals surface area contributed by atoms with E-state index in [9.17, 15) is 5.11 Å². The molecule has 3 aliphatic rings. The van der Waals surface area contributed by atoms with Gasteiger partial charge >= 0.3 is 0 Å². The summed E-state index contributed by atoms with van der Waals surface area (Å²) >= 11 is 0. The number of ether oxygens (including phenoxy) is 3. The van der Waals surface area contributed by atoms with Crippen LogP contribution >= 0.6 is 9.24 Å². The fourth-order valence-electron chi connectivity index (χ4n) is 2.56. The van der Waals surface area contributed by atoms with Crippen molar-refractivity contribution in [2.24, 2.45) is 11.8 Å². The highest BCUT2D eigenvalue weighted by molar-refractivity contribution is 7.16. The molecule has 106 valence electrons. The first-order chi connectivity index (χ1) is 8.78. The SMILES string of the molecule is OCC(CCCP)CCCC12OCC(CO1)CO2. The maximum absolute atomic E-state index is 9.32. The summed E-state index contributed by atoms with van der Waals surface area (Å²) in [6.45, 7) is 2.56. The van der Waals surface area contributed by atoms with Crippen molar-refractivity contribution < 1.29 is 19.3 Å². The van der Waals surface area contributed by atoms with Crippen molar-refractivity contribution in [2.45, 2.75) is 38.1 Å². The van der Waals surface area contributed by atoms with E-state index in [1.165, 1.54) is 0 Å². The Morgan fingerprint density at radius 2 is 1.72 bits per heavy atom. The number of hydrogen-bond donors (Lipinski definition) is 1. The topological polar surface area (TPSA) is 47.9 Å². The number of fused-ring (bicyclic) bond motifs is 3. The summed E-state index contributed by atoms with van der Waals surface area (Å²) in [7, 11) is 2.73. The molecule has 0 amide bonds. The van der Waals surface area contributed by atoms with E-state index < -0.39 is 5.97 Å². The van der Waals surface area contributed by atoms with Crippen LogP contribution in [-0.2, 0) is 14.2 Å². The maximum Gasteiger partial charge on any atom is 0.282 e. The zero-order chi connectivity index (χ0) is 12.8. The Bertz CT molecular complexity index is 227. The molecule has 2 bridgehead atoms. The minimum Gasteiger partial charge on any atom is -0.396 e. The van der Waals surface area contributed by atoms with Gasteiger partial charge in [0.1, 0.15) is 0 Å². The molecule has 0 spiro atoms. The molecule has 3 saturated heterocycles. The van der Waals surface area contributed by atoms with Crippen LogP contribution in [0.3, 0.4) is 0 Å². The Morgan fingerprint density at radius 3 is 2.28 bits per heavy atom. The zero-order valence-electron chi connectivity index (χ0n) is 11.0. The first kappa shape index (κ1) is 14.7. The average molecular weight is 276 g/mol. The maximum atomic E-state index is 9.32. The molecule has 2 unspecified atom stereocenters. The summed E-state index contributed by atoms with van der Waals surface area (Å²) in [6, 6.07) is 0. The van der Waals surface area contributed by atoms with Gasteiger partial charge in [0.25, 0.3) is 5.97 Å². The van der Waals surface area contributed by atoms with Crippen LogP contribution in [0.5, 0.6) is 0 Å². The smallest absolute Gasteiger partial charge is 0.282 e. The summed E-state index contributed by atoms with van der Waals surface area (Å²) in [5.41, 5.74) is 0. The van der Waals surface area contributed by atoms with Crippen molar-refractivity contribution in [1.29, 1.82) is 0 Å². The normalized spacial score (nSPS) is 32.7. The summed E-state index contributed by atoms with van der Waals surface area (Å²) in [5.74, 6) is 0.0519. The zero-order valence-corrected chi connectivity index (χ0v) is 12.1. The molecule has 0 saturated carbocycles. The summed E-state index contributed by atoms with van der Waals surface area (Å²) in [5, 5.41) is 9.32. The Kier molecular flexibility index (Phi) is 5.84. The molecule has 18 heavy (non-hydrogen) atoms. The standard InChI is InChI=1S/C13H25O4P/c14-7-11(4-2-6-18)3-1-5-13-15-8-12(9-16-13)10-17-13/h11-12,14H,1-10,18H2. The van der Waals surface area contributed by atoms with E-state index in [1.807, 2.05) is 0 Å². The molecule has 4 nitrogen and oxygen atoms in total. The van der Waals surface area contributed by atoms with Crippen LogP contribution in [0.15, 0.2) is 0 Å². The molecule has 1 N–H and O–H groups in total. The van der Waals surface area contributed by atoms with E-state index in [0.29, 0.717) is 11.8 Å². The molecule has 0 aromatic carbocycles. The van der Waals surface area contributed by atoms with Gasteiger partial charge in [0.15, 0.2) is 0 Å². The predicted octanol–water partition coefficient (Wildman–Crippen LogP) is 1.77. The van der Waals surface area contributed by atoms with Gasteiger partial charge < -0.3 is 19.3 Å². The summed E-state index contributed by atoms with van der Waals surface area (Å²) in [4.78, 5) is 0. The fraction of sp³-hybridized carbons (Fsp3) is 1.00. The van der Waals surface area contributed by atoms with Crippen molar-refractivity contribution in [3.8, 4) is 0 Å². The summed E-state index contributed by atoms with van der Waals surface area (Å²) in [6.07, 6.45) is 6.13. The van der Waals surface area contributed by atoms with Crippen LogP contribution < -0.4 is 0 Å². The van der Waals surface area contributed by atoms with E-state index in [0.717, 1.165) is 58.1 Å². The molecule has 3 aliphatic heterocycles. The molecule has 3 heterocycles. The molecule has 0 aromatic rings. The first-order valence-corrected chi connectivity index (χ1v) is 7.82. The van der Waals surface area contributed by atoms with Crippen LogP contribution in [0, 0.1) is 11.8 Å². The minimum atomic E-state index is -0.768. The van der Waals surface area contributed by atoms with Gasteiger partial charge in [-0.3, -0.25) is 0 Å². The lowest BCUT2D eigenvalue weighted by molar-refractivity contribution is -0.450. The Labute approximate surface area is 112 Å². The summed E-state index contributed by atoms with van der Waals surface area (Å²) < 4.78 is 17.0. The van der Waals surface area contributed by atoms with Gasteiger partial charge in [0, 0.05) is 18.9 Å². The van der Waals surface area contributed by atoms with E-state index >= 15 is 0 Å². The van der Waals surface area contributed by atoms with Crippen LogP contribution in [0.2, 0.25) is 0 Å². The predicted molar refractivity (Wildman–Crippen MR) is 72.3 cm³/mol. The molecule has 5 heteroatoms. The fourth-order valence-corrected chi connectivity index (χ4v) is 2.80. The van der Waals surface area contributed by atoms with Gasteiger partial charge in [0.05, 0.1) is 19.8 Å². The molecule has 3 fully saturated rings. The van der Waals surface area contributed by atoms with Gasteiger partial charge in [-0.25, -0.2) is 0 Å². The molecule has 0 aromatic heterocycles. The van der Waals surface area contributed by atoms with Crippen molar-refractivity contribution in [2.75, 3.05) is 32.6 Å². The van der Waals surface area contributed by atoms with Crippen molar-refractivity contribution in [3.63, 3.8) is 0 Å². The Balaban J connectivity index is 1.67. The van der Waals surface area contributed by atoms with E-state index in [4.69, 9.17) is 14.2 Å². The lowest BCUT2D eigenvalue weighted by Gasteiger charge is -2.45. The van der Waals surface area contributed by atoms with Crippen molar-refractivity contribution in [1.82, 2.24) is 0 Å². The van der Waals surface area contributed by atoms with Gasteiger partial charge in [0.2, 0.25) is 0 Å². The van der Waals surface area contributed by atoms with Crippen LogP contribution in [0.25, 0.3) is 0 Å². The second kappa shape index (κ2) is 7.16. The van der Waals surface area contributed by atoms with Gasteiger partial charge in [-0.15, -0.1) is 9.24 Å². The lowest BCUT2D eigenvalue weighted by atomic mass is 9.97. The number of hydrogen-bond acceptors (Lipinski definition) is 4. The van der Waals surface area contributed by atoms with E-state index in [-0.39, 0.29) is 6.61 Å². The van der Waals surface area contributed by atoms with Crippen LogP contribution in [0.4, 0.5) is 0 Å². The Morgan fingerprint density at radius 1 is 1.11 bits per heavy atom. The molecular formula is C13H25O4P. The number of rotatable bonds is 8. The van der Waals surface area contributed by atoms with Crippen LogP contribution in [-0.4, -0.2) is 43.7 Å². The average Bonchev–Trinajstić information content (AvgIpc) is 2.44. The highest BCUT2D eigenvalue weighted by Gasteiger charge is 2.44.